The molecule has 0 aliphatic heterocycles. The van der Waals surface area contributed by atoms with Gasteiger partial charge in [-0.15, -0.1) is 0 Å². The lowest BCUT2D eigenvalue weighted by Crippen LogP contribution is -1.99. The quantitative estimate of drug-likeness (QED) is 0.919. The molecular weight excluding hydrogens is 256 g/mol. The normalized spacial score (nSPS) is 12.6. The standard InChI is InChI=1S/C16H18O2S/c1-11(2)14-10-16(12(3)9-15(14)17)19(18)13-7-5-4-6-8-13/h4-11,17H,1-3H3. The molecular formula is C16H18O2S. The summed E-state index contributed by atoms with van der Waals surface area (Å²) in [5.74, 6) is 0.480. The van der Waals surface area contributed by atoms with Gasteiger partial charge in [0.25, 0.3) is 0 Å². The predicted octanol–water partition coefficient (Wildman–Crippen LogP) is 3.99. The lowest BCUT2D eigenvalue weighted by molar-refractivity contribution is 0.463. The molecule has 19 heavy (non-hydrogen) atoms. The molecule has 0 spiro atoms. The number of rotatable bonds is 3. The van der Waals surface area contributed by atoms with Crippen LogP contribution in [0.5, 0.6) is 5.75 Å². The van der Waals surface area contributed by atoms with Crippen molar-refractivity contribution in [2.24, 2.45) is 0 Å². The highest BCUT2D eigenvalue weighted by molar-refractivity contribution is 7.85. The number of hydrogen-bond acceptors (Lipinski definition) is 2. The van der Waals surface area contributed by atoms with E-state index in [1.165, 1.54) is 0 Å². The first-order chi connectivity index (χ1) is 9.00. The van der Waals surface area contributed by atoms with E-state index < -0.39 is 10.8 Å². The van der Waals surface area contributed by atoms with E-state index in [1.54, 1.807) is 6.07 Å². The van der Waals surface area contributed by atoms with Gasteiger partial charge in [-0.3, -0.25) is 0 Å². The molecule has 0 aliphatic carbocycles. The molecule has 0 radical (unpaired) electrons. The molecule has 0 amide bonds. The minimum atomic E-state index is -1.20. The first-order valence-electron chi connectivity index (χ1n) is 6.31. The average Bonchev–Trinajstić information content (AvgIpc) is 2.38. The van der Waals surface area contributed by atoms with E-state index in [1.807, 2.05) is 57.2 Å². The molecule has 2 aromatic rings. The van der Waals surface area contributed by atoms with Gasteiger partial charge in [0.15, 0.2) is 0 Å². The topological polar surface area (TPSA) is 37.3 Å². The molecule has 0 fully saturated rings. The van der Waals surface area contributed by atoms with Crippen molar-refractivity contribution in [3.05, 3.63) is 53.6 Å². The minimum Gasteiger partial charge on any atom is -0.508 e. The molecule has 1 N–H and O–H groups in total. The van der Waals surface area contributed by atoms with Gasteiger partial charge in [-0.1, -0.05) is 32.0 Å². The van der Waals surface area contributed by atoms with Crippen molar-refractivity contribution in [1.29, 1.82) is 0 Å². The van der Waals surface area contributed by atoms with Crippen LogP contribution in [0.15, 0.2) is 52.3 Å². The molecule has 0 heterocycles. The fourth-order valence-electron chi connectivity index (χ4n) is 2.02. The summed E-state index contributed by atoms with van der Waals surface area (Å²) in [4.78, 5) is 1.55. The van der Waals surface area contributed by atoms with E-state index in [9.17, 15) is 9.32 Å². The fraction of sp³-hybridized carbons (Fsp3) is 0.250. The molecule has 0 bridgehead atoms. The van der Waals surface area contributed by atoms with Gasteiger partial charge in [-0.05, 0) is 48.2 Å². The van der Waals surface area contributed by atoms with Crippen molar-refractivity contribution in [3.8, 4) is 5.75 Å². The Hall–Kier alpha value is -1.61. The van der Waals surface area contributed by atoms with Gasteiger partial charge in [0.05, 0.1) is 10.8 Å². The van der Waals surface area contributed by atoms with Crippen molar-refractivity contribution in [3.63, 3.8) is 0 Å². The Morgan fingerprint density at radius 1 is 1.11 bits per heavy atom. The number of phenols is 1. The summed E-state index contributed by atoms with van der Waals surface area (Å²) in [5.41, 5.74) is 1.69. The lowest BCUT2D eigenvalue weighted by atomic mass is 10.0. The maximum atomic E-state index is 12.6. The molecule has 0 aliphatic rings. The van der Waals surface area contributed by atoms with Crippen LogP contribution in [-0.4, -0.2) is 9.32 Å². The monoisotopic (exact) mass is 274 g/mol. The van der Waals surface area contributed by atoms with Gasteiger partial charge in [0.1, 0.15) is 5.75 Å². The highest BCUT2D eigenvalue weighted by Crippen LogP contribution is 2.31. The molecule has 0 aromatic heterocycles. The van der Waals surface area contributed by atoms with Crippen LogP contribution >= 0.6 is 0 Å². The summed E-state index contributed by atoms with van der Waals surface area (Å²) >= 11 is 0. The van der Waals surface area contributed by atoms with Crippen LogP contribution in [0.3, 0.4) is 0 Å². The molecule has 0 saturated heterocycles. The van der Waals surface area contributed by atoms with Crippen LogP contribution in [0.2, 0.25) is 0 Å². The Morgan fingerprint density at radius 2 is 1.74 bits per heavy atom. The Kier molecular flexibility index (Phi) is 4.05. The van der Waals surface area contributed by atoms with E-state index in [4.69, 9.17) is 0 Å². The molecule has 0 saturated carbocycles. The Bertz CT molecular complexity index is 604. The van der Waals surface area contributed by atoms with Crippen molar-refractivity contribution in [2.45, 2.75) is 36.5 Å². The highest BCUT2D eigenvalue weighted by Gasteiger charge is 2.15. The Morgan fingerprint density at radius 3 is 2.32 bits per heavy atom. The number of benzene rings is 2. The van der Waals surface area contributed by atoms with Crippen LogP contribution in [0.4, 0.5) is 0 Å². The van der Waals surface area contributed by atoms with E-state index >= 15 is 0 Å². The van der Waals surface area contributed by atoms with E-state index in [2.05, 4.69) is 0 Å². The molecule has 2 nitrogen and oxygen atoms in total. The Labute approximate surface area is 116 Å². The summed E-state index contributed by atoms with van der Waals surface area (Å²) in [7, 11) is -1.20. The van der Waals surface area contributed by atoms with Crippen LogP contribution in [-0.2, 0) is 10.8 Å². The van der Waals surface area contributed by atoms with Crippen LogP contribution in [0.1, 0.15) is 30.9 Å². The maximum absolute atomic E-state index is 12.6. The third kappa shape index (κ3) is 2.87. The first kappa shape index (κ1) is 13.8. The fourth-order valence-corrected chi connectivity index (χ4v) is 3.27. The number of aromatic hydroxyl groups is 1. The summed E-state index contributed by atoms with van der Waals surface area (Å²) in [5, 5.41) is 9.94. The molecule has 1 unspecified atom stereocenters. The average molecular weight is 274 g/mol. The van der Waals surface area contributed by atoms with Gasteiger partial charge in [-0.25, -0.2) is 4.21 Å². The Balaban J connectivity index is 2.51. The second-order valence-electron chi connectivity index (χ2n) is 4.91. The minimum absolute atomic E-state index is 0.201. The zero-order chi connectivity index (χ0) is 14.0. The highest BCUT2D eigenvalue weighted by atomic mass is 32.2. The lowest BCUT2D eigenvalue weighted by Gasteiger charge is -2.13. The molecule has 2 rings (SSSR count). The van der Waals surface area contributed by atoms with Gasteiger partial charge in [0, 0.05) is 9.79 Å². The van der Waals surface area contributed by atoms with Gasteiger partial charge < -0.3 is 5.11 Å². The predicted molar refractivity (Wildman–Crippen MR) is 78.0 cm³/mol. The third-order valence-corrected chi connectivity index (χ3v) is 4.64. The van der Waals surface area contributed by atoms with Crippen LogP contribution in [0, 0.1) is 6.92 Å². The molecule has 1 atom stereocenters. The van der Waals surface area contributed by atoms with Gasteiger partial charge in [0.2, 0.25) is 0 Å². The van der Waals surface area contributed by atoms with E-state index in [0.717, 1.165) is 20.9 Å². The number of hydrogen-bond donors (Lipinski definition) is 1. The number of aryl methyl sites for hydroxylation is 1. The van der Waals surface area contributed by atoms with Crippen LogP contribution in [0.25, 0.3) is 0 Å². The largest absolute Gasteiger partial charge is 0.508 e. The maximum Gasteiger partial charge on any atom is 0.119 e. The van der Waals surface area contributed by atoms with Gasteiger partial charge >= 0.3 is 0 Å². The van der Waals surface area contributed by atoms with Crippen LogP contribution < -0.4 is 0 Å². The van der Waals surface area contributed by atoms with Crippen molar-refractivity contribution in [1.82, 2.24) is 0 Å². The van der Waals surface area contributed by atoms with Gasteiger partial charge in [-0.2, -0.15) is 0 Å². The smallest absolute Gasteiger partial charge is 0.119 e. The van der Waals surface area contributed by atoms with Crippen molar-refractivity contribution in [2.75, 3.05) is 0 Å². The zero-order valence-electron chi connectivity index (χ0n) is 11.4. The summed E-state index contributed by atoms with van der Waals surface area (Å²) in [6, 6.07) is 12.9. The van der Waals surface area contributed by atoms with E-state index in [-0.39, 0.29) is 11.7 Å². The second-order valence-corrected chi connectivity index (χ2v) is 6.36. The summed E-state index contributed by atoms with van der Waals surface area (Å²) in [6.07, 6.45) is 0. The summed E-state index contributed by atoms with van der Waals surface area (Å²) < 4.78 is 12.6. The molecule has 2 aromatic carbocycles. The third-order valence-electron chi connectivity index (χ3n) is 3.10. The number of phenolic OH excluding ortho intramolecular Hbond substituents is 1. The molecule has 3 heteroatoms. The van der Waals surface area contributed by atoms with Crippen molar-refractivity contribution < 1.29 is 9.32 Å². The first-order valence-corrected chi connectivity index (χ1v) is 7.46. The second kappa shape index (κ2) is 5.57. The van der Waals surface area contributed by atoms with E-state index in [0.29, 0.717) is 0 Å². The zero-order valence-corrected chi connectivity index (χ0v) is 12.2. The summed E-state index contributed by atoms with van der Waals surface area (Å²) in [6.45, 7) is 5.90. The van der Waals surface area contributed by atoms with Crippen molar-refractivity contribution >= 4 is 10.8 Å². The molecule has 100 valence electrons. The SMILES string of the molecule is Cc1cc(O)c(C(C)C)cc1S(=O)c1ccccc1.